The third kappa shape index (κ3) is 9.32. The van der Waals surface area contributed by atoms with E-state index in [1.54, 1.807) is 9.80 Å². The van der Waals surface area contributed by atoms with Gasteiger partial charge in [-0.3, -0.25) is 10.1 Å². The highest BCUT2D eigenvalue weighted by atomic mass is 16.6. The predicted octanol–water partition coefficient (Wildman–Crippen LogP) is 3.56. The van der Waals surface area contributed by atoms with Crippen molar-refractivity contribution in [1.29, 1.82) is 0 Å². The number of rotatable bonds is 0. The van der Waals surface area contributed by atoms with Gasteiger partial charge in [0.25, 0.3) is 0 Å². The lowest BCUT2D eigenvalue weighted by Crippen LogP contribution is -2.53. The second-order valence-corrected chi connectivity index (χ2v) is 10.2. The Balaban J connectivity index is 0.000000316. The van der Waals surface area contributed by atoms with Gasteiger partial charge >= 0.3 is 12.2 Å². The van der Waals surface area contributed by atoms with Crippen molar-refractivity contribution in [3.63, 3.8) is 0 Å². The number of hydrogen-bond acceptors (Lipinski definition) is 7. The molecule has 3 saturated heterocycles. The Bertz CT molecular complexity index is 627. The number of carbonyl (C=O) groups excluding carboxylic acids is 3. The highest BCUT2D eigenvalue weighted by Gasteiger charge is 2.40. The van der Waals surface area contributed by atoms with E-state index in [2.05, 4.69) is 5.32 Å². The normalized spacial score (nSPS) is 20.8. The Labute approximate surface area is 193 Å². The summed E-state index contributed by atoms with van der Waals surface area (Å²) < 4.78 is 16.3. The Morgan fingerprint density at radius 3 is 1.69 bits per heavy atom. The lowest BCUT2D eigenvalue weighted by Gasteiger charge is -2.38. The molecular weight excluding hydrogens is 414 g/mol. The molecule has 3 aliphatic rings. The van der Waals surface area contributed by atoms with Crippen molar-refractivity contribution in [1.82, 2.24) is 15.1 Å². The fraction of sp³-hybridized carbons (Fsp3) is 0.870. The summed E-state index contributed by atoms with van der Waals surface area (Å²) in [6.07, 6.45) is 2.06. The van der Waals surface area contributed by atoms with Gasteiger partial charge < -0.3 is 24.0 Å². The monoisotopic (exact) mass is 457 g/mol. The number of ketones is 1. The van der Waals surface area contributed by atoms with Crippen LogP contribution in [0, 0.1) is 0 Å². The Morgan fingerprint density at radius 1 is 0.875 bits per heavy atom. The zero-order valence-electron chi connectivity index (χ0n) is 19.9. The van der Waals surface area contributed by atoms with Gasteiger partial charge in [0.05, 0.1) is 6.61 Å². The third-order valence-corrected chi connectivity index (χ3v) is 5.12. The summed E-state index contributed by atoms with van der Waals surface area (Å²) in [4.78, 5) is 37.7. The largest absolute Gasteiger partial charge is 0.444 e. The minimum atomic E-state index is -0.460. The summed E-state index contributed by atoms with van der Waals surface area (Å²) in [5.41, 5.74) is -1.06. The number of likely N-dealkylation sites (tertiary alicyclic amines) is 2. The number of carbonyl (C=O) groups is 3. The van der Waals surface area contributed by atoms with Crippen LogP contribution in [-0.4, -0.2) is 84.0 Å². The second kappa shape index (κ2) is 11.3. The average molecular weight is 458 g/mol. The van der Waals surface area contributed by atoms with Crippen LogP contribution in [0.25, 0.3) is 0 Å². The molecule has 0 aromatic rings. The van der Waals surface area contributed by atoms with Crippen molar-refractivity contribution >= 4 is 18.0 Å². The summed E-state index contributed by atoms with van der Waals surface area (Å²) in [5.74, 6) is 0.227. The summed E-state index contributed by atoms with van der Waals surface area (Å²) in [7, 11) is 0. The van der Waals surface area contributed by atoms with E-state index in [0.29, 0.717) is 39.0 Å². The Kier molecular flexibility index (Phi) is 9.96. The molecule has 9 heteroatoms. The van der Waals surface area contributed by atoms with Gasteiger partial charge in [-0.25, -0.2) is 9.59 Å². The van der Waals surface area contributed by atoms with Crippen molar-refractivity contribution in [3.8, 4) is 0 Å². The number of hydrogen-bond donors (Lipinski definition) is 1. The van der Waals surface area contributed by atoms with E-state index in [0.717, 1.165) is 26.0 Å². The highest BCUT2D eigenvalue weighted by Crippen LogP contribution is 2.27. The minimum Gasteiger partial charge on any atom is -0.444 e. The molecular formula is C23H43N3O6. The number of nitrogens with zero attached hydrogens (tertiary/aromatic N) is 2. The molecule has 0 atom stereocenters. The number of ether oxygens (including phenoxy) is 3. The van der Waals surface area contributed by atoms with E-state index in [9.17, 15) is 14.4 Å². The number of amides is 2. The van der Waals surface area contributed by atoms with Gasteiger partial charge in [-0.15, -0.1) is 0 Å². The first kappa shape index (κ1) is 28.2. The van der Waals surface area contributed by atoms with Crippen LogP contribution >= 0.6 is 0 Å². The van der Waals surface area contributed by atoms with E-state index in [1.165, 1.54) is 0 Å². The predicted molar refractivity (Wildman–Crippen MR) is 123 cm³/mol. The molecule has 0 aromatic heterocycles. The van der Waals surface area contributed by atoms with Crippen molar-refractivity contribution < 1.29 is 28.6 Å². The number of piperidine rings is 2. The van der Waals surface area contributed by atoms with Gasteiger partial charge in [-0.1, -0.05) is 7.43 Å². The summed E-state index contributed by atoms with van der Waals surface area (Å²) in [5, 5.41) is 3.38. The van der Waals surface area contributed by atoms with E-state index in [1.807, 2.05) is 41.5 Å². The molecule has 3 aliphatic heterocycles. The molecule has 3 fully saturated rings. The number of Topliss-reactive ketones (excluding diaryl/α,β-unsaturated/α-hetero) is 1. The molecule has 0 bridgehead atoms. The summed E-state index contributed by atoms with van der Waals surface area (Å²) >= 11 is 0. The first-order chi connectivity index (χ1) is 14.3. The average Bonchev–Trinajstić information content (AvgIpc) is 3.08. The van der Waals surface area contributed by atoms with E-state index in [-0.39, 0.29) is 31.1 Å². The fourth-order valence-corrected chi connectivity index (χ4v) is 3.54. The molecule has 0 aliphatic carbocycles. The zero-order chi connectivity index (χ0) is 23.3. The molecule has 3 heterocycles. The van der Waals surface area contributed by atoms with Gasteiger partial charge in [-0.2, -0.15) is 0 Å². The molecule has 0 aromatic carbocycles. The van der Waals surface area contributed by atoms with Crippen LogP contribution in [-0.2, 0) is 19.0 Å². The fourth-order valence-electron chi connectivity index (χ4n) is 3.54. The quantitative estimate of drug-likeness (QED) is 0.594. The van der Waals surface area contributed by atoms with E-state index < -0.39 is 11.2 Å². The molecule has 0 unspecified atom stereocenters. The minimum absolute atomic E-state index is 0. The van der Waals surface area contributed by atoms with Gasteiger partial charge in [-0.05, 0) is 41.5 Å². The maximum absolute atomic E-state index is 11.9. The van der Waals surface area contributed by atoms with Crippen molar-refractivity contribution in [2.45, 2.75) is 91.6 Å². The van der Waals surface area contributed by atoms with Gasteiger partial charge in [0, 0.05) is 58.4 Å². The molecule has 32 heavy (non-hydrogen) atoms. The molecule has 1 spiro atoms. The maximum atomic E-state index is 11.9. The lowest BCUT2D eigenvalue weighted by atomic mass is 10.0. The Hall–Kier alpha value is -1.87. The van der Waals surface area contributed by atoms with Crippen LogP contribution in [0.1, 0.15) is 74.7 Å². The van der Waals surface area contributed by atoms with Crippen LogP contribution in [0.4, 0.5) is 9.59 Å². The molecule has 0 saturated carbocycles. The van der Waals surface area contributed by atoms with Crippen LogP contribution in [0.15, 0.2) is 0 Å². The van der Waals surface area contributed by atoms with Gasteiger partial charge in [0.15, 0.2) is 0 Å². The molecule has 186 valence electrons. The summed E-state index contributed by atoms with van der Waals surface area (Å²) in [6.45, 7) is 15.2. The maximum Gasteiger partial charge on any atom is 0.410 e. The first-order valence-electron chi connectivity index (χ1n) is 11.2. The van der Waals surface area contributed by atoms with Crippen molar-refractivity contribution in [2.75, 3.05) is 39.3 Å². The molecule has 0 radical (unpaired) electrons. The Morgan fingerprint density at radius 2 is 1.31 bits per heavy atom. The molecule has 9 nitrogen and oxygen atoms in total. The van der Waals surface area contributed by atoms with Crippen molar-refractivity contribution in [3.05, 3.63) is 0 Å². The smallest absolute Gasteiger partial charge is 0.410 e. The number of nitrogens with one attached hydrogen (secondary N) is 1. The molecule has 1 N–H and O–H groups in total. The highest BCUT2D eigenvalue weighted by molar-refractivity contribution is 5.81. The zero-order valence-corrected chi connectivity index (χ0v) is 19.9. The van der Waals surface area contributed by atoms with E-state index >= 15 is 0 Å². The lowest BCUT2D eigenvalue weighted by molar-refractivity contribution is -0.121. The second-order valence-electron chi connectivity index (χ2n) is 10.2. The first-order valence-corrected chi connectivity index (χ1v) is 11.2. The van der Waals surface area contributed by atoms with Gasteiger partial charge in [0.2, 0.25) is 0 Å². The van der Waals surface area contributed by atoms with Gasteiger partial charge in [0.1, 0.15) is 22.7 Å². The summed E-state index contributed by atoms with van der Waals surface area (Å²) in [6, 6.07) is 0. The third-order valence-electron chi connectivity index (χ3n) is 5.12. The van der Waals surface area contributed by atoms with Crippen LogP contribution < -0.4 is 5.32 Å². The standard InChI is InChI=1S/C12H22N2O3.C10H17NO3.CH4/c1-11(2,3)17-10(15)14-7-4-12(5-8-14)13-6-9-16-12;1-10(2,3)14-9(13)11-6-4-8(12)5-7-11;/h13H,4-9H2,1-3H3;4-7H2,1-3H3;1H4. The SMILES string of the molecule is C.CC(C)(C)OC(=O)N1CCC(=O)CC1.CC(C)(C)OC(=O)N1CCC2(CC1)NCCO2. The van der Waals surface area contributed by atoms with Crippen LogP contribution in [0.2, 0.25) is 0 Å². The van der Waals surface area contributed by atoms with Crippen molar-refractivity contribution in [2.24, 2.45) is 0 Å². The van der Waals surface area contributed by atoms with Crippen LogP contribution in [0.3, 0.4) is 0 Å². The topological polar surface area (TPSA) is 97.4 Å². The van der Waals surface area contributed by atoms with E-state index in [4.69, 9.17) is 14.2 Å². The molecule has 2 amide bonds. The molecule has 3 rings (SSSR count). The van der Waals surface area contributed by atoms with Crippen LogP contribution in [0.5, 0.6) is 0 Å².